The number of fused-ring (bicyclic) bond motifs is 1. The van der Waals surface area contributed by atoms with Crippen LogP contribution in [0.3, 0.4) is 0 Å². The van der Waals surface area contributed by atoms with Crippen molar-refractivity contribution in [2.45, 2.75) is 46.6 Å². The van der Waals surface area contributed by atoms with Gasteiger partial charge in [-0.1, -0.05) is 26.8 Å². The van der Waals surface area contributed by atoms with Crippen LogP contribution in [0.15, 0.2) is 18.2 Å². The average Bonchev–Trinajstić information content (AvgIpc) is 2.43. The number of benzene rings is 1. The van der Waals surface area contributed by atoms with E-state index in [1.54, 1.807) is 0 Å². The van der Waals surface area contributed by atoms with Gasteiger partial charge in [-0.3, -0.25) is 4.79 Å². The maximum absolute atomic E-state index is 12.8. The topological polar surface area (TPSA) is 32.3 Å². The highest BCUT2D eigenvalue weighted by atomic mass is 16.2. The molecule has 110 valence electrons. The summed E-state index contributed by atoms with van der Waals surface area (Å²) in [4.78, 5) is 14.7. The standard InChI is InChI=1S/C17H26N2O/c1-12(17(2,3)4)19(5)16(20)14-8-6-10-15-13(14)9-7-11-18-15/h6,8,10,12,18H,7,9,11H2,1-5H3. The van der Waals surface area contributed by atoms with Gasteiger partial charge in [0, 0.05) is 30.9 Å². The molecule has 1 heterocycles. The van der Waals surface area contributed by atoms with Crippen molar-refractivity contribution in [1.82, 2.24) is 4.90 Å². The number of carbonyl (C=O) groups excluding carboxylic acids is 1. The SMILES string of the molecule is CC(N(C)C(=O)c1cccc2c1CCCN2)C(C)(C)C. The molecule has 0 saturated carbocycles. The van der Waals surface area contributed by atoms with Crippen LogP contribution in [-0.2, 0) is 6.42 Å². The second-order valence-corrected chi connectivity index (χ2v) is 6.82. The van der Waals surface area contributed by atoms with E-state index in [-0.39, 0.29) is 17.4 Å². The first kappa shape index (κ1) is 14.9. The largest absolute Gasteiger partial charge is 0.385 e. The number of hydrogen-bond acceptors (Lipinski definition) is 2. The highest BCUT2D eigenvalue weighted by Crippen LogP contribution is 2.29. The van der Waals surface area contributed by atoms with Gasteiger partial charge in [-0.05, 0) is 42.9 Å². The maximum atomic E-state index is 12.8. The van der Waals surface area contributed by atoms with Crippen LogP contribution >= 0.6 is 0 Å². The maximum Gasteiger partial charge on any atom is 0.254 e. The molecule has 2 rings (SSSR count). The molecule has 0 aromatic heterocycles. The van der Waals surface area contributed by atoms with Crippen LogP contribution in [0.25, 0.3) is 0 Å². The Labute approximate surface area is 122 Å². The molecule has 0 saturated heterocycles. The summed E-state index contributed by atoms with van der Waals surface area (Å²) in [5.41, 5.74) is 3.24. The molecular formula is C17H26N2O. The fraction of sp³-hybridized carbons (Fsp3) is 0.588. The summed E-state index contributed by atoms with van der Waals surface area (Å²) < 4.78 is 0. The van der Waals surface area contributed by atoms with Crippen molar-refractivity contribution in [3.05, 3.63) is 29.3 Å². The van der Waals surface area contributed by atoms with E-state index in [0.29, 0.717) is 0 Å². The lowest BCUT2D eigenvalue weighted by Crippen LogP contribution is -2.43. The number of amides is 1. The van der Waals surface area contributed by atoms with Crippen molar-refractivity contribution in [1.29, 1.82) is 0 Å². The van der Waals surface area contributed by atoms with Crippen molar-refractivity contribution < 1.29 is 4.79 Å². The number of rotatable bonds is 2. The van der Waals surface area contributed by atoms with Crippen LogP contribution in [0, 0.1) is 5.41 Å². The van der Waals surface area contributed by atoms with Gasteiger partial charge in [-0.2, -0.15) is 0 Å². The van der Waals surface area contributed by atoms with Gasteiger partial charge in [-0.25, -0.2) is 0 Å². The molecule has 1 unspecified atom stereocenters. The van der Waals surface area contributed by atoms with E-state index >= 15 is 0 Å². The molecule has 1 aliphatic rings. The summed E-state index contributed by atoms with van der Waals surface area (Å²) in [6, 6.07) is 6.20. The van der Waals surface area contributed by atoms with E-state index in [9.17, 15) is 4.79 Å². The molecule has 0 bridgehead atoms. The van der Waals surface area contributed by atoms with Crippen LogP contribution < -0.4 is 5.32 Å². The molecule has 1 N–H and O–H groups in total. The second kappa shape index (κ2) is 5.47. The summed E-state index contributed by atoms with van der Waals surface area (Å²) in [5.74, 6) is 0.132. The lowest BCUT2D eigenvalue weighted by molar-refractivity contribution is 0.0628. The van der Waals surface area contributed by atoms with Crippen LogP contribution in [-0.4, -0.2) is 30.4 Å². The van der Waals surface area contributed by atoms with Crippen molar-refractivity contribution >= 4 is 11.6 Å². The highest BCUT2D eigenvalue weighted by Gasteiger charge is 2.29. The Hall–Kier alpha value is -1.51. The first-order valence-electron chi connectivity index (χ1n) is 7.45. The molecular weight excluding hydrogens is 248 g/mol. The minimum absolute atomic E-state index is 0.0809. The van der Waals surface area contributed by atoms with E-state index in [1.165, 1.54) is 5.56 Å². The van der Waals surface area contributed by atoms with Gasteiger partial charge in [0.05, 0.1) is 0 Å². The van der Waals surface area contributed by atoms with E-state index in [0.717, 1.165) is 30.6 Å². The second-order valence-electron chi connectivity index (χ2n) is 6.82. The lowest BCUT2D eigenvalue weighted by Gasteiger charge is -2.36. The normalized spacial score (nSPS) is 16.1. The van der Waals surface area contributed by atoms with Crippen LogP contribution in [0.4, 0.5) is 5.69 Å². The molecule has 1 atom stereocenters. The highest BCUT2D eigenvalue weighted by molar-refractivity contribution is 5.97. The van der Waals surface area contributed by atoms with Gasteiger partial charge in [0.1, 0.15) is 0 Å². The molecule has 1 amide bonds. The lowest BCUT2D eigenvalue weighted by atomic mass is 9.86. The number of anilines is 1. The molecule has 3 nitrogen and oxygen atoms in total. The van der Waals surface area contributed by atoms with Crippen LogP contribution in [0.2, 0.25) is 0 Å². The van der Waals surface area contributed by atoms with E-state index in [1.807, 2.05) is 24.1 Å². The Balaban J connectivity index is 2.30. The molecule has 1 aromatic rings. The number of nitrogens with one attached hydrogen (secondary N) is 1. The number of nitrogens with zero attached hydrogens (tertiary/aromatic N) is 1. The van der Waals surface area contributed by atoms with Crippen molar-refractivity contribution in [2.75, 3.05) is 18.9 Å². The van der Waals surface area contributed by atoms with Gasteiger partial charge in [0.15, 0.2) is 0 Å². The molecule has 0 aliphatic carbocycles. The monoisotopic (exact) mass is 274 g/mol. The number of carbonyl (C=O) groups is 1. The summed E-state index contributed by atoms with van der Waals surface area (Å²) >= 11 is 0. The average molecular weight is 274 g/mol. The Morgan fingerprint density at radius 1 is 1.35 bits per heavy atom. The number of hydrogen-bond donors (Lipinski definition) is 1. The zero-order valence-corrected chi connectivity index (χ0v) is 13.3. The molecule has 0 radical (unpaired) electrons. The van der Waals surface area contributed by atoms with E-state index < -0.39 is 0 Å². The summed E-state index contributed by atoms with van der Waals surface area (Å²) in [5, 5.41) is 3.39. The van der Waals surface area contributed by atoms with E-state index in [2.05, 4.69) is 39.1 Å². The molecule has 1 aromatic carbocycles. The minimum atomic E-state index is 0.0809. The fourth-order valence-electron chi connectivity index (χ4n) is 2.66. The molecule has 1 aliphatic heterocycles. The van der Waals surface area contributed by atoms with Gasteiger partial charge in [-0.15, -0.1) is 0 Å². The Morgan fingerprint density at radius 2 is 2.05 bits per heavy atom. The smallest absolute Gasteiger partial charge is 0.254 e. The first-order chi connectivity index (χ1) is 9.32. The van der Waals surface area contributed by atoms with Crippen molar-refractivity contribution in [3.63, 3.8) is 0 Å². The minimum Gasteiger partial charge on any atom is -0.385 e. The third-order valence-electron chi connectivity index (χ3n) is 4.48. The third kappa shape index (κ3) is 2.82. The predicted octanol–water partition coefficient (Wildman–Crippen LogP) is 3.55. The molecule has 3 heteroatoms. The Kier molecular flexibility index (Phi) is 4.07. The summed E-state index contributed by atoms with van der Waals surface area (Å²) in [6.07, 6.45) is 2.08. The van der Waals surface area contributed by atoms with E-state index in [4.69, 9.17) is 0 Å². The van der Waals surface area contributed by atoms with Crippen molar-refractivity contribution in [3.8, 4) is 0 Å². The Morgan fingerprint density at radius 3 is 2.70 bits per heavy atom. The molecule has 0 fully saturated rings. The van der Waals surface area contributed by atoms with Gasteiger partial charge in [0.25, 0.3) is 5.91 Å². The zero-order valence-electron chi connectivity index (χ0n) is 13.3. The summed E-state index contributed by atoms with van der Waals surface area (Å²) in [7, 11) is 1.91. The van der Waals surface area contributed by atoms with Crippen LogP contribution in [0.1, 0.15) is 50.0 Å². The molecule has 0 spiro atoms. The predicted molar refractivity (Wildman–Crippen MR) is 84.3 cm³/mol. The van der Waals surface area contributed by atoms with Gasteiger partial charge >= 0.3 is 0 Å². The van der Waals surface area contributed by atoms with Gasteiger partial charge < -0.3 is 10.2 Å². The fourth-order valence-corrected chi connectivity index (χ4v) is 2.66. The third-order valence-corrected chi connectivity index (χ3v) is 4.48. The van der Waals surface area contributed by atoms with Crippen molar-refractivity contribution in [2.24, 2.45) is 5.41 Å². The van der Waals surface area contributed by atoms with Gasteiger partial charge in [0.2, 0.25) is 0 Å². The quantitative estimate of drug-likeness (QED) is 0.894. The van der Waals surface area contributed by atoms with Crippen LogP contribution in [0.5, 0.6) is 0 Å². The molecule has 20 heavy (non-hydrogen) atoms. The Bertz CT molecular complexity index is 502. The zero-order chi connectivity index (χ0) is 14.9. The first-order valence-corrected chi connectivity index (χ1v) is 7.45. The summed E-state index contributed by atoms with van der Waals surface area (Å²) in [6.45, 7) is 9.63.